The number of hydrogen-bond acceptors (Lipinski definition) is 2. The van der Waals surface area contributed by atoms with Crippen LogP contribution in [0.4, 0.5) is 0 Å². The van der Waals surface area contributed by atoms with Crippen molar-refractivity contribution in [2.75, 3.05) is 0 Å². The first-order chi connectivity index (χ1) is 10.6. The molecule has 2 atom stereocenters. The minimum absolute atomic E-state index is 0.0696. The van der Waals surface area contributed by atoms with Crippen LogP contribution in [0.2, 0.25) is 18.1 Å². The van der Waals surface area contributed by atoms with Gasteiger partial charge < -0.3 is 4.43 Å². The van der Waals surface area contributed by atoms with Crippen LogP contribution in [-0.2, 0) is 4.43 Å². The first kappa shape index (κ1) is 19.9. The zero-order chi connectivity index (χ0) is 17.7. The van der Waals surface area contributed by atoms with Crippen LogP contribution in [0.25, 0.3) is 0 Å². The van der Waals surface area contributed by atoms with E-state index in [0.717, 1.165) is 5.56 Å². The number of Topliss-reactive ketones (excluding diaryl/α,β-unsaturated/α-hetero) is 1. The summed E-state index contributed by atoms with van der Waals surface area (Å²) in [5.74, 6) is 0.382. The predicted molar refractivity (Wildman–Crippen MR) is 101 cm³/mol. The molecule has 0 unspecified atom stereocenters. The molecular formula is C20H32O2Si. The Morgan fingerprint density at radius 1 is 1.22 bits per heavy atom. The second-order valence-corrected chi connectivity index (χ2v) is 12.6. The molecule has 3 heteroatoms. The number of rotatable bonds is 7. The van der Waals surface area contributed by atoms with Crippen molar-refractivity contribution in [3.05, 3.63) is 48.0 Å². The Morgan fingerprint density at radius 3 is 2.26 bits per heavy atom. The molecule has 1 rings (SSSR count). The summed E-state index contributed by atoms with van der Waals surface area (Å²) in [7, 11) is -1.91. The molecule has 0 amide bonds. The van der Waals surface area contributed by atoms with Gasteiger partial charge in [0, 0.05) is 12.0 Å². The molecule has 0 saturated carbocycles. The van der Waals surface area contributed by atoms with Gasteiger partial charge in [-0.3, -0.25) is 4.79 Å². The Bertz CT molecular complexity index is 526. The van der Waals surface area contributed by atoms with Gasteiger partial charge in [-0.25, -0.2) is 0 Å². The van der Waals surface area contributed by atoms with Crippen LogP contribution in [-0.4, -0.2) is 20.2 Å². The van der Waals surface area contributed by atoms with Crippen molar-refractivity contribution >= 4 is 14.1 Å². The molecule has 23 heavy (non-hydrogen) atoms. The number of carbonyl (C=O) groups is 1. The maximum Gasteiger partial charge on any atom is 0.192 e. The highest BCUT2D eigenvalue weighted by Gasteiger charge is 2.40. The molecule has 0 aliphatic carbocycles. The van der Waals surface area contributed by atoms with E-state index in [1.165, 1.54) is 0 Å². The van der Waals surface area contributed by atoms with Crippen LogP contribution in [0.5, 0.6) is 0 Å². The number of hydrogen-bond donors (Lipinski definition) is 0. The fourth-order valence-electron chi connectivity index (χ4n) is 2.24. The van der Waals surface area contributed by atoms with Crippen LogP contribution < -0.4 is 0 Å². The molecule has 1 aromatic carbocycles. The Labute approximate surface area is 143 Å². The summed E-state index contributed by atoms with van der Waals surface area (Å²) in [6.45, 7) is 15.3. The van der Waals surface area contributed by atoms with Crippen LogP contribution in [0.1, 0.15) is 51.4 Å². The lowest BCUT2D eigenvalue weighted by Crippen LogP contribution is -2.45. The molecule has 0 spiro atoms. The molecule has 0 aliphatic rings. The molecule has 128 valence electrons. The van der Waals surface area contributed by atoms with Crippen LogP contribution in [0.15, 0.2) is 42.5 Å². The third-order valence-electron chi connectivity index (χ3n) is 4.82. The first-order valence-electron chi connectivity index (χ1n) is 8.47. The summed E-state index contributed by atoms with van der Waals surface area (Å²) < 4.78 is 6.58. The van der Waals surface area contributed by atoms with E-state index in [1.54, 1.807) is 0 Å². The van der Waals surface area contributed by atoms with Crippen molar-refractivity contribution in [1.82, 2.24) is 0 Å². The normalized spacial score (nSPS) is 15.6. The SMILES string of the molecule is C/C=C/[C@H](C)[C@@H](CC(=O)c1ccccc1)O[Si](C)(C)C(C)(C)C. The third kappa shape index (κ3) is 5.74. The lowest BCUT2D eigenvalue weighted by molar-refractivity contribution is 0.0841. The number of ketones is 1. The molecule has 0 aliphatic heterocycles. The van der Waals surface area contributed by atoms with Gasteiger partial charge in [0.25, 0.3) is 0 Å². The monoisotopic (exact) mass is 332 g/mol. The summed E-state index contributed by atoms with van der Waals surface area (Å²) in [5, 5.41) is 0.136. The highest BCUT2D eigenvalue weighted by Crippen LogP contribution is 2.38. The molecule has 2 nitrogen and oxygen atoms in total. The summed E-state index contributed by atoms with van der Waals surface area (Å²) >= 11 is 0. The van der Waals surface area contributed by atoms with Gasteiger partial charge >= 0.3 is 0 Å². The smallest absolute Gasteiger partial charge is 0.192 e. The van der Waals surface area contributed by atoms with E-state index in [2.05, 4.69) is 46.9 Å². The Morgan fingerprint density at radius 2 is 1.78 bits per heavy atom. The van der Waals surface area contributed by atoms with Gasteiger partial charge in [0.1, 0.15) is 0 Å². The average Bonchev–Trinajstić information content (AvgIpc) is 2.46. The van der Waals surface area contributed by atoms with Crippen molar-refractivity contribution in [3.8, 4) is 0 Å². The zero-order valence-corrected chi connectivity index (χ0v) is 16.7. The number of benzene rings is 1. The van der Waals surface area contributed by atoms with E-state index in [1.807, 2.05) is 43.3 Å². The maximum atomic E-state index is 12.6. The van der Waals surface area contributed by atoms with Gasteiger partial charge in [-0.1, -0.05) is 70.2 Å². The predicted octanol–water partition coefficient (Wildman–Crippen LogP) is 5.86. The largest absolute Gasteiger partial charge is 0.413 e. The van der Waals surface area contributed by atoms with Gasteiger partial charge in [0.15, 0.2) is 14.1 Å². The molecule has 0 bridgehead atoms. The van der Waals surface area contributed by atoms with E-state index in [9.17, 15) is 4.79 Å². The quantitative estimate of drug-likeness (QED) is 0.355. The summed E-state index contributed by atoms with van der Waals surface area (Å²) in [5.41, 5.74) is 0.768. The van der Waals surface area contributed by atoms with E-state index in [0.29, 0.717) is 6.42 Å². The Hall–Kier alpha value is -1.19. The van der Waals surface area contributed by atoms with Crippen molar-refractivity contribution in [3.63, 3.8) is 0 Å². The molecule has 0 aromatic heterocycles. The fraction of sp³-hybridized carbons (Fsp3) is 0.550. The number of allylic oxidation sites excluding steroid dienone is 1. The molecule has 0 heterocycles. The Kier molecular flexibility index (Phi) is 6.96. The standard InChI is InChI=1S/C20H32O2Si/c1-8-12-16(2)19(22-23(6,7)20(3,4)5)15-18(21)17-13-10-9-11-14-17/h8-14,16,19H,15H2,1-7H3/b12-8+/t16-,19+/m0/s1. The molecule has 0 fully saturated rings. The van der Waals surface area contributed by atoms with Crippen molar-refractivity contribution in [2.45, 2.75) is 65.3 Å². The summed E-state index contributed by atoms with van der Waals surface area (Å²) in [6.07, 6.45) is 4.54. The fourth-order valence-corrected chi connectivity index (χ4v) is 3.65. The number of carbonyl (C=O) groups excluding carboxylic acids is 1. The maximum absolute atomic E-state index is 12.6. The van der Waals surface area contributed by atoms with Gasteiger partial charge in [0.2, 0.25) is 0 Å². The molecule has 0 N–H and O–H groups in total. The molecule has 0 radical (unpaired) electrons. The van der Waals surface area contributed by atoms with Gasteiger partial charge in [0.05, 0.1) is 6.10 Å². The first-order valence-corrected chi connectivity index (χ1v) is 11.4. The second kappa shape index (κ2) is 8.07. The molecule has 1 aromatic rings. The Balaban J connectivity index is 2.96. The van der Waals surface area contributed by atoms with Crippen LogP contribution in [0, 0.1) is 5.92 Å². The van der Waals surface area contributed by atoms with Gasteiger partial charge in [-0.05, 0) is 31.0 Å². The van der Waals surface area contributed by atoms with Crippen molar-refractivity contribution in [2.24, 2.45) is 5.92 Å². The van der Waals surface area contributed by atoms with Gasteiger partial charge in [-0.2, -0.15) is 0 Å². The summed E-state index contributed by atoms with van der Waals surface area (Å²) in [4.78, 5) is 12.6. The van der Waals surface area contributed by atoms with Crippen LogP contribution >= 0.6 is 0 Å². The minimum Gasteiger partial charge on any atom is -0.413 e. The lowest BCUT2D eigenvalue weighted by atomic mass is 9.96. The third-order valence-corrected chi connectivity index (χ3v) is 9.32. The van der Waals surface area contributed by atoms with Crippen molar-refractivity contribution < 1.29 is 9.22 Å². The minimum atomic E-state index is -1.91. The van der Waals surface area contributed by atoms with E-state index < -0.39 is 8.32 Å². The second-order valence-electron chi connectivity index (χ2n) is 7.79. The van der Waals surface area contributed by atoms with Crippen molar-refractivity contribution in [1.29, 1.82) is 0 Å². The summed E-state index contributed by atoms with van der Waals surface area (Å²) in [6, 6.07) is 9.51. The van der Waals surface area contributed by atoms with E-state index >= 15 is 0 Å². The van der Waals surface area contributed by atoms with E-state index in [-0.39, 0.29) is 22.8 Å². The highest BCUT2D eigenvalue weighted by molar-refractivity contribution is 6.74. The zero-order valence-electron chi connectivity index (χ0n) is 15.7. The highest BCUT2D eigenvalue weighted by atomic mass is 28.4. The lowest BCUT2D eigenvalue weighted by Gasteiger charge is -2.40. The molecular weight excluding hydrogens is 300 g/mol. The molecule has 0 saturated heterocycles. The average molecular weight is 333 g/mol. The van der Waals surface area contributed by atoms with Crippen LogP contribution in [0.3, 0.4) is 0 Å². The topological polar surface area (TPSA) is 26.3 Å². The van der Waals surface area contributed by atoms with E-state index in [4.69, 9.17) is 4.43 Å². The van der Waals surface area contributed by atoms with Gasteiger partial charge in [-0.15, -0.1) is 0 Å².